The van der Waals surface area contributed by atoms with Crippen LogP contribution in [0.3, 0.4) is 0 Å². The first-order valence-electron chi connectivity index (χ1n) is 3.40. The first-order chi connectivity index (χ1) is 4.85. The molecule has 0 aliphatic rings. The van der Waals surface area contributed by atoms with Gasteiger partial charge in [0.05, 0.1) is 19.8 Å². The Morgan fingerprint density at radius 1 is 0.833 bits per heavy atom. The largest absolute Gasteiger partial charge is 1.00 e. The van der Waals surface area contributed by atoms with Crippen LogP contribution in [-0.2, 0) is 0 Å². The summed E-state index contributed by atoms with van der Waals surface area (Å²) in [5.74, 6) is 0. The van der Waals surface area contributed by atoms with Crippen molar-refractivity contribution in [1.82, 2.24) is 4.90 Å². The monoisotopic (exact) mass is 213 g/mol. The van der Waals surface area contributed by atoms with Crippen molar-refractivity contribution in [2.24, 2.45) is 0 Å². The van der Waals surface area contributed by atoms with Crippen LogP contribution in [0.2, 0.25) is 0 Å². The van der Waals surface area contributed by atoms with Gasteiger partial charge < -0.3 is 18.2 Å². The summed E-state index contributed by atoms with van der Waals surface area (Å²) in [4.78, 5) is 1.79. The van der Waals surface area contributed by atoms with Crippen LogP contribution in [0.4, 0.5) is 0 Å². The van der Waals surface area contributed by atoms with E-state index in [1.54, 1.807) is 4.90 Å². The minimum atomic E-state index is 0. The molecule has 4 nitrogen and oxygen atoms in total. The van der Waals surface area contributed by atoms with Gasteiger partial charge in [-0.15, -0.1) is 0 Å². The Labute approximate surface area is 141 Å². The third-order valence-corrected chi connectivity index (χ3v) is 1.25. The molecule has 0 atom stereocenters. The Hall–Kier alpha value is 2.48. The van der Waals surface area contributed by atoms with E-state index in [0.717, 1.165) is 0 Å². The van der Waals surface area contributed by atoms with Crippen molar-refractivity contribution in [1.29, 1.82) is 0 Å². The summed E-state index contributed by atoms with van der Waals surface area (Å²) < 4.78 is 0. The summed E-state index contributed by atoms with van der Waals surface area (Å²) in [6.07, 6.45) is 0. The van der Waals surface area contributed by atoms with E-state index in [4.69, 9.17) is 15.3 Å². The second-order valence-corrected chi connectivity index (χ2v) is 2.01. The third kappa shape index (κ3) is 12.5. The fourth-order valence-corrected chi connectivity index (χ4v) is 0.760. The van der Waals surface area contributed by atoms with Crippen molar-refractivity contribution in [3.8, 4) is 0 Å². The van der Waals surface area contributed by atoms with Gasteiger partial charge in [0.15, 0.2) is 0 Å². The quantitative estimate of drug-likeness (QED) is 0.384. The van der Waals surface area contributed by atoms with Crippen LogP contribution in [-0.4, -0.2) is 59.7 Å². The molecule has 3 N–H and O–H groups in total. The molecule has 6 heteroatoms. The summed E-state index contributed by atoms with van der Waals surface area (Å²) in [6, 6.07) is 0. The predicted octanol–water partition coefficient (Wildman–Crippen LogP) is -7.50. The second-order valence-electron chi connectivity index (χ2n) is 2.01. The van der Waals surface area contributed by atoms with Gasteiger partial charge >= 0.3 is 80.9 Å². The molecule has 0 bridgehead atoms. The molecule has 0 rings (SSSR count). The molecule has 0 radical (unpaired) electrons. The van der Waals surface area contributed by atoms with Crippen LogP contribution in [0.15, 0.2) is 0 Å². The summed E-state index contributed by atoms with van der Waals surface area (Å²) in [6.45, 7) is 1.75. The molecule has 0 aromatic heterocycles. The van der Waals surface area contributed by atoms with Gasteiger partial charge in [0.1, 0.15) is 0 Å². The van der Waals surface area contributed by atoms with Gasteiger partial charge in [0.25, 0.3) is 0 Å². The maximum absolute atomic E-state index is 8.48. The van der Waals surface area contributed by atoms with E-state index in [-0.39, 0.29) is 104 Å². The molecule has 0 aliphatic carbocycles. The number of aliphatic hydroxyl groups is 3. The molecule has 66 valence electrons. The van der Waals surface area contributed by atoms with Crippen molar-refractivity contribution >= 4 is 0 Å². The number of nitrogens with zero attached hydrogens (tertiary/aromatic N) is 1. The predicted molar refractivity (Wildman–Crippen MR) is 39.9 cm³/mol. The van der Waals surface area contributed by atoms with Gasteiger partial charge in [-0.2, -0.15) is 0 Å². The van der Waals surface area contributed by atoms with Crippen molar-refractivity contribution in [3.05, 3.63) is 0 Å². The fraction of sp³-hybridized carbons (Fsp3) is 1.00. The molecule has 0 aromatic carbocycles. The number of rotatable bonds is 6. The van der Waals surface area contributed by atoms with Gasteiger partial charge in [0, 0.05) is 19.6 Å². The first kappa shape index (κ1) is 20.0. The zero-order chi connectivity index (χ0) is 7.82. The average molecular weight is 213 g/mol. The molecule has 0 aromatic rings. The number of hydrogen-bond donors (Lipinski definition) is 3. The van der Waals surface area contributed by atoms with Crippen LogP contribution >= 0.6 is 0 Å². The van der Waals surface area contributed by atoms with Gasteiger partial charge in [-0.25, -0.2) is 0 Å². The van der Waals surface area contributed by atoms with Gasteiger partial charge in [-0.05, 0) is 0 Å². The van der Waals surface area contributed by atoms with E-state index >= 15 is 0 Å². The van der Waals surface area contributed by atoms with Crippen LogP contribution in [0.5, 0.6) is 0 Å². The Kier molecular flexibility index (Phi) is 26.5. The average Bonchev–Trinajstić information content (AvgIpc) is 1.90. The molecule has 0 saturated carbocycles. The van der Waals surface area contributed by atoms with E-state index in [1.165, 1.54) is 0 Å². The van der Waals surface area contributed by atoms with Crippen molar-refractivity contribution < 1.29 is 99.1 Å². The second kappa shape index (κ2) is 15.9. The zero-order valence-corrected chi connectivity index (χ0v) is 13.2. The zero-order valence-electron chi connectivity index (χ0n) is 10.0. The molecule has 0 aliphatic heterocycles. The molecule has 0 saturated heterocycles. The van der Waals surface area contributed by atoms with Crippen molar-refractivity contribution in [2.75, 3.05) is 39.5 Å². The maximum atomic E-state index is 8.48. The summed E-state index contributed by atoms with van der Waals surface area (Å²) in [7, 11) is 0. The smallest absolute Gasteiger partial charge is 1.00 e. The Morgan fingerprint density at radius 3 is 1.25 bits per heavy atom. The van der Waals surface area contributed by atoms with Crippen LogP contribution in [0.25, 0.3) is 0 Å². The summed E-state index contributed by atoms with van der Waals surface area (Å²) in [5.41, 5.74) is 0. The van der Waals surface area contributed by atoms with Crippen LogP contribution in [0.1, 0.15) is 2.85 Å². The fourth-order valence-electron chi connectivity index (χ4n) is 0.760. The number of aliphatic hydroxyl groups excluding tert-OH is 3. The molecule has 0 heterocycles. The minimum Gasteiger partial charge on any atom is -1.00 e. The maximum Gasteiger partial charge on any atom is 1.00 e. The van der Waals surface area contributed by atoms with E-state index < -0.39 is 0 Å². The van der Waals surface area contributed by atoms with Crippen LogP contribution in [0, 0.1) is 0 Å². The Morgan fingerprint density at radius 2 is 1.08 bits per heavy atom. The molecule has 0 spiro atoms. The van der Waals surface area contributed by atoms with E-state index in [0.29, 0.717) is 19.6 Å². The van der Waals surface area contributed by atoms with Gasteiger partial charge in [-0.1, -0.05) is 0 Å². The Bertz CT molecular complexity index is 73.8. The number of hydrogen-bond acceptors (Lipinski definition) is 4. The van der Waals surface area contributed by atoms with Crippen molar-refractivity contribution in [3.63, 3.8) is 0 Å². The Balaban J connectivity index is -0.0000000675. The van der Waals surface area contributed by atoms with E-state index in [1.807, 2.05) is 0 Å². The third-order valence-electron chi connectivity index (χ3n) is 1.25. The normalized spacial score (nSPS) is 9.00. The summed E-state index contributed by atoms with van der Waals surface area (Å²) >= 11 is 0. The van der Waals surface area contributed by atoms with E-state index in [9.17, 15) is 0 Å². The molecule has 0 fully saturated rings. The van der Waals surface area contributed by atoms with Crippen molar-refractivity contribution in [2.45, 2.75) is 0 Å². The van der Waals surface area contributed by atoms with Crippen LogP contribution < -0.4 is 80.9 Å². The van der Waals surface area contributed by atoms with Gasteiger partial charge in [-0.3, -0.25) is 4.90 Å². The summed E-state index contributed by atoms with van der Waals surface area (Å²) in [5, 5.41) is 25.5. The molecule has 0 amide bonds. The van der Waals surface area contributed by atoms with E-state index in [2.05, 4.69) is 0 Å². The van der Waals surface area contributed by atoms with Gasteiger partial charge in [0.2, 0.25) is 0 Å². The topological polar surface area (TPSA) is 63.9 Å². The minimum absolute atomic E-state index is 0. The molecule has 0 unspecified atom stereocenters. The first-order valence-corrected chi connectivity index (χ1v) is 3.40. The standard InChI is InChI=1S/C6H15NO3.K.Na.2H/c8-4-1-7(2-5-9)3-6-10;;;;/h8-10H,1-6H2;;;;/q;2*+1;2*-1. The molecular weight excluding hydrogens is 196 g/mol. The molecule has 12 heavy (non-hydrogen) atoms. The SMILES string of the molecule is OCCN(CCO)CCO.[H-].[H-].[K+].[Na+]. The molecular formula is C6H17KNNaO3.